The van der Waals surface area contributed by atoms with Gasteiger partial charge in [-0.2, -0.15) is 0 Å². The molecule has 0 N–H and O–H groups in total. The second-order valence-corrected chi connectivity index (χ2v) is 5.85. The maximum Gasteiger partial charge on any atom is 0.185 e. The number of hydrogen-bond acceptors (Lipinski definition) is 4. The van der Waals surface area contributed by atoms with Crippen LogP contribution in [-0.2, 0) is 4.79 Å². The van der Waals surface area contributed by atoms with Gasteiger partial charge in [0.15, 0.2) is 5.78 Å². The first-order chi connectivity index (χ1) is 12.2. The zero-order valence-electron chi connectivity index (χ0n) is 14.5. The van der Waals surface area contributed by atoms with Crippen molar-refractivity contribution in [2.24, 2.45) is 0 Å². The maximum absolute atomic E-state index is 12.9. The highest BCUT2D eigenvalue weighted by atomic mass is 16.5. The van der Waals surface area contributed by atoms with Gasteiger partial charge in [0.05, 0.1) is 25.5 Å². The van der Waals surface area contributed by atoms with E-state index in [2.05, 4.69) is 4.98 Å². The third-order valence-corrected chi connectivity index (χ3v) is 4.27. The molecule has 0 amide bonds. The maximum atomic E-state index is 12.9. The largest absolute Gasteiger partial charge is 0.496 e. The lowest BCUT2D eigenvalue weighted by Gasteiger charge is -2.18. The van der Waals surface area contributed by atoms with E-state index in [1.54, 1.807) is 20.4 Å². The molecule has 1 fully saturated rings. The molecule has 1 aromatic carbocycles. The highest BCUT2D eigenvalue weighted by molar-refractivity contribution is 6.14. The van der Waals surface area contributed by atoms with Crippen molar-refractivity contribution in [3.8, 4) is 11.5 Å². The Bertz CT molecular complexity index is 800. The van der Waals surface area contributed by atoms with Crippen molar-refractivity contribution in [3.05, 3.63) is 65.0 Å². The summed E-state index contributed by atoms with van der Waals surface area (Å²) in [4.78, 5) is 17.2. The molecule has 1 aliphatic rings. The van der Waals surface area contributed by atoms with Gasteiger partial charge < -0.3 is 9.47 Å². The normalized spacial score (nSPS) is 17.8. The molecular weight excluding hydrogens is 314 g/mol. The van der Waals surface area contributed by atoms with Gasteiger partial charge in [-0.3, -0.25) is 9.78 Å². The van der Waals surface area contributed by atoms with E-state index in [1.165, 1.54) is 0 Å². The van der Waals surface area contributed by atoms with Crippen LogP contribution in [0.25, 0.3) is 12.2 Å². The molecule has 3 rings (SSSR count). The van der Waals surface area contributed by atoms with Crippen LogP contribution in [0.15, 0.2) is 53.7 Å². The van der Waals surface area contributed by atoms with Crippen LogP contribution in [0, 0.1) is 0 Å². The van der Waals surface area contributed by atoms with E-state index in [0.29, 0.717) is 11.5 Å². The molecule has 0 radical (unpaired) electrons. The topological polar surface area (TPSA) is 48.4 Å². The number of rotatable bonds is 4. The van der Waals surface area contributed by atoms with E-state index in [-0.39, 0.29) is 5.78 Å². The van der Waals surface area contributed by atoms with Crippen molar-refractivity contribution in [2.75, 3.05) is 14.2 Å². The number of methoxy groups -OCH3 is 2. The number of nitrogens with zero attached hydrogens (tertiary/aromatic N) is 1. The van der Waals surface area contributed by atoms with Gasteiger partial charge in [0.25, 0.3) is 0 Å². The molecule has 0 bridgehead atoms. The first kappa shape index (κ1) is 17.0. The van der Waals surface area contributed by atoms with Crippen LogP contribution in [0.2, 0.25) is 0 Å². The van der Waals surface area contributed by atoms with Gasteiger partial charge in [-0.15, -0.1) is 0 Å². The highest BCUT2D eigenvalue weighted by Gasteiger charge is 2.22. The van der Waals surface area contributed by atoms with Crippen molar-refractivity contribution >= 4 is 17.9 Å². The van der Waals surface area contributed by atoms with Crippen LogP contribution in [0.1, 0.15) is 30.5 Å². The molecular formula is C21H21NO3. The van der Waals surface area contributed by atoms with E-state index < -0.39 is 0 Å². The van der Waals surface area contributed by atoms with Crippen molar-refractivity contribution in [3.63, 3.8) is 0 Å². The summed E-state index contributed by atoms with van der Waals surface area (Å²) < 4.78 is 10.9. The van der Waals surface area contributed by atoms with Crippen LogP contribution in [0.5, 0.6) is 11.5 Å². The Morgan fingerprint density at radius 2 is 1.60 bits per heavy atom. The second-order valence-electron chi connectivity index (χ2n) is 5.85. The number of aromatic nitrogens is 1. The molecule has 0 spiro atoms. The molecule has 25 heavy (non-hydrogen) atoms. The molecule has 4 nitrogen and oxygen atoms in total. The zero-order valence-corrected chi connectivity index (χ0v) is 14.5. The average molecular weight is 335 g/mol. The van der Waals surface area contributed by atoms with Gasteiger partial charge >= 0.3 is 0 Å². The monoisotopic (exact) mass is 335 g/mol. The molecule has 0 saturated heterocycles. The zero-order chi connectivity index (χ0) is 17.6. The fourth-order valence-electron chi connectivity index (χ4n) is 3.01. The van der Waals surface area contributed by atoms with Gasteiger partial charge in [0.1, 0.15) is 11.5 Å². The second kappa shape index (κ2) is 7.79. The summed E-state index contributed by atoms with van der Waals surface area (Å²) in [6, 6.07) is 11.3. The van der Waals surface area contributed by atoms with Crippen molar-refractivity contribution in [2.45, 2.75) is 19.3 Å². The highest BCUT2D eigenvalue weighted by Crippen LogP contribution is 2.34. The van der Waals surface area contributed by atoms with Crippen LogP contribution in [0.4, 0.5) is 0 Å². The SMILES string of the molecule is COc1cccc(OC)c1/C=C1\CCC/C(=C\c2ccccn2)C1=O. The molecule has 1 aromatic heterocycles. The van der Waals surface area contributed by atoms with Gasteiger partial charge in [-0.05, 0) is 55.7 Å². The number of carbonyl (C=O) groups is 1. The Morgan fingerprint density at radius 1 is 0.920 bits per heavy atom. The lowest BCUT2D eigenvalue weighted by atomic mass is 9.87. The molecule has 2 aromatic rings. The predicted molar refractivity (Wildman–Crippen MR) is 98.6 cm³/mol. The summed E-state index contributed by atoms with van der Waals surface area (Å²) >= 11 is 0. The van der Waals surface area contributed by atoms with E-state index in [0.717, 1.165) is 41.7 Å². The van der Waals surface area contributed by atoms with Gasteiger partial charge in [-0.25, -0.2) is 0 Å². The third-order valence-electron chi connectivity index (χ3n) is 4.27. The third kappa shape index (κ3) is 3.79. The summed E-state index contributed by atoms with van der Waals surface area (Å²) in [5.74, 6) is 1.46. The van der Waals surface area contributed by atoms with Gasteiger partial charge in [-0.1, -0.05) is 12.1 Å². The van der Waals surface area contributed by atoms with Crippen molar-refractivity contribution < 1.29 is 14.3 Å². The average Bonchev–Trinajstić information content (AvgIpc) is 2.66. The summed E-state index contributed by atoms with van der Waals surface area (Å²) in [6.45, 7) is 0. The number of carbonyl (C=O) groups excluding carboxylic acids is 1. The molecule has 0 atom stereocenters. The molecule has 128 valence electrons. The Kier molecular flexibility index (Phi) is 5.29. The van der Waals surface area contributed by atoms with E-state index >= 15 is 0 Å². The lowest BCUT2D eigenvalue weighted by molar-refractivity contribution is -0.112. The molecule has 1 aliphatic carbocycles. The molecule has 0 aliphatic heterocycles. The Hall–Kier alpha value is -2.88. The Balaban J connectivity index is 1.97. The number of ketones is 1. The Labute approximate surface area is 147 Å². The van der Waals surface area contributed by atoms with E-state index in [9.17, 15) is 4.79 Å². The first-order valence-corrected chi connectivity index (χ1v) is 8.31. The summed E-state index contributed by atoms with van der Waals surface area (Å²) in [7, 11) is 3.23. The Morgan fingerprint density at radius 3 is 2.20 bits per heavy atom. The van der Waals surface area contributed by atoms with E-state index in [1.807, 2.05) is 48.6 Å². The van der Waals surface area contributed by atoms with E-state index in [4.69, 9.17) is 9.47 Å². The number of allylic oxidation sites excluding steroid dienone is 2. The first-order valence-electron chi connectivity index (χ1n) is 8.31. The molecule has 1 saturated carbocycles. The van der Waals surface area contributed by atoms with Crippen LogP contribution in [0.3, 0.4) is 0 Å². The summed E-state index contributed by atoms with van der Waals surface area (Å²) in [5.41, 5.74) is 3.18. The smallest absolute Gasteiger partial charge is 0.185 e. The summed E-state index contributed by atoms with van der Waals surface area (Å²) in [5, 5.41) is 0. The fourth-order valence-corrected chi connectivity index (χ4v) is 3.01. The summed E-state index contributed by atoms with van der Waals surface area (Å²) in [6.07, 6.45) is 7.97. The van der Waals surface area contributed by atoms with Crippen LogP contribution in [-0.4, -0.2) is 25.0 Å². The minimum Gasteiger partial charge on any atom is -0.496 e. The minimum atomic E-state index is 0.0739. The number of benzene rings is 1. The fraction of sp³-hybridized carbons (Fsp3) is 0.238. The van der Waals surface area contributed by atoms with Crippen molar-refractivity contribution in [1.82, 2.24) is 4.98 Å². The lowest BCUT2D eigenvalue weighted by Crippen LogP contribution is -2.12. The molecule has 1 heterocycles. The van der Waals surface area contributed by atoms with Crippen molar-refractivity contribution in [1.29, 1.82) is 0 Å². The van der Waals surface area contributed by atoms with Crippen LogP contribution < -0.4 is 9.47 Å². The standard InChI is InChI=1S/C21H21NO3/c1-24-19-10-6-11-20(25-2)18(19)14-16-8-5-7-15(21(16)23)13-17-9-3-4-12-22-17/h3-4,6,9-14H,5,7-8H2,1-2H3/b15-13+,16-14+. The molecule has 0 unspecified atom stereocenters. The minimum absolute atomic E-state index is 0.0739. The number of pyridine rings is 1. The van der Waals surface area contributed by atoms with Gasteiger partial charge in [0, 0.05) is 17.3 Å². The number of hydrogen-bond donors (Lipinski definition) is 0. The predicted octanol–water partition coefficient (Wildman–Crippen LogP) is 4.32. The number of ether oxygens (including phenoxy) is 2. The quantitative estimate of drug-likeness (QED) is 0.781. The number of Topliss-reactive ketones (excluding diaryl/α,β-unsaturated/α-hetero) is 1. The molecule has 4 heteroatoms. The van der Waals surface area contributed by atoms with Crippen LogP contribution >= 0.6 is 0 Å². The van der Waals surface area contributed by atoms with Gasteiger partial charge in [0.2, 0.25) is 0 Å².